The van der Waals surface area contributed by atoms with Gasteiger partial charge in [0.2, 0.25) is 0 Å². The number of imidazole rings is 1. The Balaban J connectivity index is 1.45. The lowest BCUT2D eigenvalue weighted by molar-refractivity contribution is -0.0481. The van der Waals surface area contributed by atoms with Crippen molar-refractivity contribution in [2.45, 2.75) is 24.5 Å². The van der Waals surface area contributed by atoms with Crippen LogP contribution in [0.25, 0.3) is 17.2 Å². The Kier molecular flexibility index (Phi) is 5.75. The van der Waals surface area contributed by atoms with Crippen molar-refractivity contribution < 1.29 is 34.0 Å². The van der Waals surface area contributed by atoms with Gasteiger partial charge in [-0.2, -0.15) is 0 Å². The van der Waals surface area contributed by atoms with Gasteiger partial charge in [0, 0.05) is 11.4 Å². The van der Waals surface area contributed by atoms with Crippen molar-refractivity contribution in [2.24, 2.45) is 0 Å². The lowest BCUT2D eigenvalue weighted by Crippen LogP contribution is -2.33. The zero-order chi connectivity index (χ0) is 22.2. The number of para-hydroxylation sites is 1. The fourth-order valence-corrected chi connectivity index (χ4v) is 3.97. The molecule has 3 aromatic rings. The summed E-state index contributed by atoms with van der Waals surface area (Å²) in [5.74, 6) is 1.01. The number of nitrogens with two attached hydrogens (primary N) is 1. The van der Waals surface area contributed by atoms with Gasteiger partial charge in [-0.3, -0.25) is 9.13 Å². The Morgan fingerprint density at radius 2 is 2.00 bits per heavy atom. The summed E-state index contributed by atoms with van der Waals surface area (Å²) in [7, 11) is -4.22. The summed E-state index contributed by atoms with van der Waals surface area (Å²) in [6, 6.07) is 6.27. The van der Waals surface area contributed by atoms with Crippen LogP contribution in [-0.2, 0) is 13.8 Å². The average Bonchev–Trinajstić information content (AvgIpc) is 3.29. The molecule has 2 aromatic heterocycles. The molecule has 1 fully saturated rings. The van der Waals surface area contributed by atoms with Crippen LogP contribution in [0.5, 0.6) is 5.75 Å². The molecule has 4 rings (SSSR count). The molecule has 31 heavy (non-hydrogen) atoms. The van der Waals surface area contributed by atoms with E-state index >= 15 is 0 Å². The summed E-state index contributed by atoms with van der Waals surface area (Å²) in [6.07, 6.45) is -1.13. The van der Waals surface area contributed by atoms with Crippen LogP contribution >= 0.6 is 7.60 Å². The summed E-state index contributed by atoms with van der Waals surface area (Å²) < 4.78 is 24.4. The normalized spacial score (nSPS) is 25.9. The van der Waals surface area contributed by atoms with E-state index in [1.807, 2.05) is 0 Å². The number of rotatable bonds is 6. The molecule has 1 aromatic carbocycles. The molecule has 0 saturated carbocycles. The number of ether oxygens (including phenoxy) is 1. The number of aromatic hydroxyl groups is 1. The summed E-state index contributed by atoms with van der Waals surface area (Å²) in [5, 5.41) is 30.5. The van der Waals surface area contributed by atoms with Gasteiger partial charge in [0.25, 0.3) is 0 Å². The van der Waals surface area contributed by atoms with Crippen molar-refractivity contribution >= 4 is 30.7 Å². The predicted molar refractivity (Wildman–Crippen MR) is 109 cm³/mol. The quantitative estimate of drug-likeness (QED) is 0.332. The fourth-order valence-electron chi connectivity index (χ4n) is 3.18. The number of fused-ring (bicyclic) bond motifs is 1. The average molecular weight is 449 g/mol. The van der Waals surface area contributed by atoms with Crippen LogP contribution < -0.4 is 5.73 Å². The third kappa shape index (κ3) is 4.30. The van der Waals surface area contributed by atoms with E-state index in [1.165, 1.54) is 29.4 Å². The number of hydrogen-bond donors (Lipinski definition) is 5. The molecule has 0 radical (unpaired) electrons. The third-order valence-electron chi connectivity index (χ3n) is 4.80. The lowest BCUT2D eigenvalue weighted by atomic mass is 10.1. The Morgan fingerprint density at radius 3 is 2.77 bits per heavy atom. The number of aromatic nitrogens is 4. The highest BCUT2D eigenvalue weighted by Crippen LogP contribution is 2.45. The number of hydrogen-bond acceptors (Lipinski definition) is 10. The molecular weight excluding hydrogens is 429 g/mol. The van der Waals surface area contributed by atoms with Crippen LogP contribution in [0.3, 0.4) is 0 Å². The van der Waals surface area contributed by atoms with Gasteiger partial charge in [0.05, 0.1) is 12.9 Å². The number of aliphatic hydroxyl groups is 2. The topological polar surface area (TPSA) is 186 Å². The van der Waals surface area contributed by atoms with E-state index in [2.05, 4.69) is 15.0 Å². The van der Waals surface area contributed by atoms with Crippen LogP contribution in [0.2, 0.25) is 0 Å². The number of phenols is 1. The lowest BCUT2D eigenvalue weighted by Gasteiger charge is -2.16. The van der Waals surface area contributed by atoms with Crippen molar-refractivity contribution in [1.29, 1.82) is 0 Å². The number of benzene rings is 1. The molecule has 12 nitrogen and oxygen atoms in total. The molecule has 5 atom stereocenters. The van der Waals surface area contributed by atoms with E-state index in [9.17, 15) is 24.8 Å². The number of nitrogen functional groups attached to an aromatic ring is 1. The molecule has 0 aliphatic carbocycles. The van der Waals surface area contributed by atoms with Gasteiger partial charge in [-0.15, -0.1) is 0 Å². The number of anilines is 1. The Labute approximate surface area is 175 Å². The smallest absolute Gasteiger partial charge is 0.351 e. The first-order valence-electron chi connectivity index (χ1n) is 9.16. The monoisotopic (exact) mass is 449 g/mol. The maximum atomic E-state index is 12.3. The van der Waals surface area contributed by atoms with Gasteiger partial charge in [0.15, 0.2) is 17.7 Å². The SMILES string of the molecule is Nc1ncnc2c1ncn2[C@@H]1O[C@H](COP(=O)(O)/C=C/c2ccccc2O)[C@H](O)C1O. The number of aliphatic hydroxyl groups excluding tert-OH is 2. The van der Waals surface area contributed by atoms with E-state index in [4.69, 9.17) is 15.0 Å². The van der Waals surface area contributed by atoms with Gasteiger partial charge in [-0.25, -0.2) is 15.0 Å². The molecule has 0 amide bonds. The third-order valence-corrected chi connectivity index (χ3v) is 5.85. The second kappa shape index (κ2) is 8.35. The Bertz CT molecular complexity index is 1170. The molecule has 13 heteroatoms. The van der Waals surface area contributed by atoms with Crippen molar-refractivity contribution in [1.82, 2.24) is 19.5 Å². The molecule has 1 aliphatic rings. The first-order chi connectivity index (χ1) is 14.8. The summed E-state index contributed by atoms with van der Waals surface area (Å²) in [5.41, 5.74) is 6.69. The highest BCUT2D eigenvalue weighted by molar-refractivity contribution is 7.56. The van der Waals surface area contributed by atoms with Gasteiger partial charge in [0.1, 0.15) is 35.9 Å². The van der Waals surface area contributed by atoms with E-state index in [1.54, 1.807) is 18.2 Å². The molecule has 1 aliphatic heterocycles. The van der Waals surface area contributed by atoms with Gasteiger partial charge >= 0.3 is 7.60 Å². The van der Waals surface area contributed by atoms with E-state index in [-0.39, 0.29) is 11.6 Å². The van der Waals surface area contributed by atoms with Crippen LogP contribution in [0.1, 0.15) is 11.8 Å². The highest BCUT2D eigenvalue weighted by Gasteiger charge is 2.45. The second-order valence-electron chi connectivity index (χ2n) is 6.86. The molecule has 2 unspecified atom stereocenters. The van der Waals surface area contributed by atoms with Crippen LogP contribution in [0, 0.1) is 0 Å². The highest BCUT2D eigenvalue weighted by atomic mass is 31.2. The van der Waals surface area contributed by atoms with E-state index < -0.39 is 38.7 Å². The van der Waals surface area contributed by atoms with Crippen molar-refractivity contribution in [3.05, 3.63) is 48.3 Å². The molecule has 164 valence electrons. The largest absolute Gasteiger partial charge is 0.507 e. The summed E-state index contributed by atoms with van der Waals surface area (Å²) >= 11 is 0. The Hall–Kier alpha value is -2.86. The maximum Gasteiger partial charge on any atom is 0.351 e. The molecule has 3 heterocycles. The fraction of sp³-hybridized carbons (Fsp3) is 0.278. The van der Waals surface area contributed by atoms with E-state index in [0.717, 1.165) is 5.82 Å². The minimum absolute atomic E-state index is 0.0590. The van der Waals surface area contributed by atoms with Crippen LogP contribution in [-0.4, -0.2) is 64.7 Å². The molecule has 0 spiro atoms. The number of nitrogens with zero attached hydrogens (tertiary/aromatic N) is 4. The molecule has 6 N–H and O–H groups in total. The van der Waals surface area contributed by atoms with Crippen LogP contribution in [0.15, 0.2) is 42.7 Å². The van der Waals surface area contributed by atoms with Crippen molar-refractivity contribution in [3.8, 4) is 5.75 Å². The minimum Gasteiger partial charge on any atom is -0.507 e. The first kappa shape index (κ1) is 21.4. The first-order valence-corrected chi connectivity index (χ1v) is 10.8. The predicted octanol–water partition coefficient (Wildman–Crippen LogP) is 0.606. The van der Waals surface area contributed by atoms with Gasteiger partial charge in [-0.1, -0.05) is 18.2 Å². The second-order valence-corrected chi connectivity index (χ2v) is 8.55. The standard InChI is InChI=1S/C18H20N5O7P/c19-16-13-17(21-8-20-16)23(9-22-13)18-15(26)14(25)12(30-18)7-29-31(27,28)6-5-10-3-1-2-4-11(10)24/h1-6,8-9,12,14-15,18,24-26H,7H2,(H,27,28)(H2,19,20,21)/b6-5+/t12-,14+,15?,18-/m1/s1. The van der Waals surface area contributed by atoms with Gasteiger partial charge < -0.3 is 35.2 Å². The van der Waals surface area contributed by atoms with Crippen molar-refractivity contribution in [3.63, 3.8) is 0 Å². The summed E-state index contributed by atoms with van der Waals surface area (Å²) in [4.78, 5) is 22.0. The molecular formula is C18H20N5O7P. The minimum atomic E-state index is -4.22. The number of phenolic OH excluding ortho intramolecular Hbond substituents is 1. The Morgan fingerprint density at radius 1 is 1.23 bits per heavy atom. The van der Waals surface area contributed by atoms with Gasteiger partial charge in [-0.05, 0) is 12.1 Å². The van der Waals surface area contributed by atoms with E-state index in [0.29, 0.717) is 16.7 Å². The molecule has 1 saturated heterocycles. The van der Waals surface area contributed by atoms with Crippen molar-refractivity contribution in [2.75, 3.05) is 12.3 Å². The van der Waals surface area contributed by atoms with Crippen LogP contribution in [0.4, 0.5) is 5.82 Å². The summed E-state index contributed by atoms with van der Waals surface area (Å²) in [6.45, 7) is -0.475. The zero-order valence-corrected chi connectivity index (χ0v) is 16.9. The maximum absolute atomic E-state index is 12.3. The zero-order valence-electron chi connectivity index (χ0n) is 16.0. The molecule has 0 bridgehead atoms.